The number of carbonyl (C=O) groups is 2. The van der Waals surface area contributed by atoms with Crippen molar-refractivity contribution in [2.75, 3.05) is 6.61 Å². The summed E-state index contributed by atoms with van der Waals surface area (Å²) in [6.45, 7) is 2.54. The van der Waals surface area contributed by atoms with E-state index >= 15 is 0 Å². The summed E-state index contributed by atoms with van der Waals surface area (Å²) < 4.78 is 17.4. The van der Waals surface area contributed by atoms with Gasteiger partial charge in [-0.1, -0.05) is 0 Å². The Morgan fingerprint density at radius 3 is 2.73 bits per heavy atom. The maximum absolute atomic E-state index is 12.6. The van der Waals surface area contributed by atoms with E-state index in [9.17, 15) is 9.59 Å². The van der Waals surface area contributed by atoms with Crippen LogP contribution in [0, 0.1) is 17.3 Å². The molecule has 6 nitrogen and oxygen atoms in total. The molecule has 0 aromatic rings. The number of alkyl halides is 2. The molecule has 5 rings (SSSR count). The average molecular weight is 532 g/mol. The first kappa shape index (κ1) is 14.6. The summed E-state index contributed by atoms with van der Waals surface area (Å²) in [5.74, 6) is 0.732. The van der Waals surface area contributed by atoms with Gasteiger partial charge >= 0.3 is 151 Å². The van der Waals surface area contributed by atoms with Gasteiger partial charge in [0.05, 0.1) is 0 Å². The Morgan fingerprint density at radius 2 is 2.23 bits per heavy atom. The Bertz CT molecular complexity index is 591. The molecule has 0 radical (unpaired) electrons. The van der Waals surface area contributed by atoms with E-state index in [1.54, 1.807) is 0 Å². The first-order valence-corrected chi connectivity index (χ1v) is 12.0. The van der Waals surface area contributed by atoms with E-state index in [-0.39, 0.29) is 27.1 Å². The fourth-order valence-corrected chi connectivity index (χ4v) is 12.4. The van der Waals surface area contributed by atoms with Crippen LogP contribution in [0.15, 0.2) is 0 Å². The summed E-state index contributed by atoms with van der Waals surface area (Å²) in [5, 5.41) is 0. The van der Waals surface area contributed by atoms with Gasteiger partial charge in [-0.05, 0) is 0 Å². The zero-order chi connectivity index (χ0) is 15.3. The van der Waals surface area contributed by atoms with E-state index in [1.807, 2.05) is 6.92 Å². The van der Waals surface area contributed by atoms with E-state index in [1.165, 1.54) is 0 Å². The van der Waals surface area contributed by atoms with Crippen LogP contribution in [-0.2, 0) is 19.1 Å². The first-order valence-electron chi connectivity index (χ1n) is 7.67. The molecule has 5 aliphatic rings. The molecule has 3 saturated heterocycles. The molecule has 2 saturated carbocycles. The molecule has 5 fully saturated rings. The minimum atomic E-state index is -1.16. The van der Waals surface area contributed by atoms with Gasteiger partial charge in [-0.15, -0.1) is 0 Å². The van der Waals surface area contributed by atoms with Crippen LogP contribution in [-0.4, -0.2) is 31.7 Å². The zero-order valence-corrected chi connectivity index (χ0v) is 16.5. The van der Waals surface area contributed by atoms with E-state index < -0.39 is 23.8 Å². The Labute approximate surface area is 150 Å². The van der Waals surface area contributed by atoms with Crippen molar-refractivity contribution >= 4 is 54.9 Å². The summed E-state index contributed by atoms with van der Waals surface area (Å²) in [5.41, 5.74) is 0.0476. The summed E-state index contributed by atoms with van der Waals surface area (Å²) >= 11 is 1.08. The number of fused-ring (bicyclic) bond motifs is 4. The molecule has 0 aromatic carbocycles. The van der Waals surface area contributed by atoms with Crippen molar-refractivity contribution < 1.29 is 19.1 Å². The number of ether oxygens (including phenoxy) is 2. The van der Waals surface area contributed by atoms with Gasteiger partial charge in [-0.2, -0.15) is 0 Å². The SMILES string of the molecule is CC(I)(C(=O)OC1CC2CC1CC21COC(=O)C1)C12NI1N2. The Balaban J connectivity index is 1.26. The van der Waals surface area contributed by atoms with Crippen molar-refractivity contribution in [2.45, 2.75) is 45.8 Å². The van der Waals surface area contributed by atoms with Crippen LogP contribution in [0.4, 0.5) is 0 Å². The molecule has 5 atom stereocenters. The molecule has 22 heavy (non-hydrogen) atoms. The molecule has 2 N–H and O–H groups in total. The molecule has 0 aromatic heterocycles. The normalized spacial score (nSPS) is 47.1. The zero-order valence-electron chi connectivity index (χ0n) is 12.2. The van der Waals surface area contributed by atoms with Gasteiger partial charge in [-0.3, -0.25) is 0 Å². The molecule has 1 spiro atoms. The second kappa shape index (κ2) is 4.29. The van der Waals surface area contributed by atoms with Crippen LogP contribution in [0.3, 0.4) is 0 Å². The van der Waals surface area contributed by atoms with Gasteiger partial charge in [-0.25, -0.2) is 0 Å². The van der Waals surface area contributed by atoms with Crippen LogP contribution in [0.1, 0.15) is 32.6 Å². The fraction of sp³-hybridized carbons (Fsp3) is 0.857. The second-order valence-corrected chi connectivity index (χ2v) is 13.9. The second-order valence-electron chi connectivity index (χ2n) is 7.41. The summed E-state index contributed by atoms with van der Waals surface area (Å²) in [7, 11) is 0. The quantitative estimate of drug-likeness (QED) is 0.144. The fourth-order valence-electron chi connectivity index (χ4n) is 4.61. The molecular weight excluding hydrogens is 514 g/mol. The molecule has 2 bridgehead atoms. The number of esters is 2. The summed E-state index contributed by atoms with van der Waals surface area (Å²) in [4.78, 5) is 24.1. The summed E-state index contributed by atoms with van der Waals surface area (Å²) in [6, 6.07) is 0. The number of halogens is 2. The summed E-state index contributed by atoms with van der Waals surface area (Å²) in [6.07, 6.45) is 3.54. The standard InChI is InChI=1S/C14H18I2N2O4/c1-12(15,14-16(17-14)18-14)11(20)22-9-3-8-2-7(9)4-13(8)5-10(19)21-6-13/h7-9,17-18H,2-6H2,1H3. The Kier molecular flexibility index (Phi) is 2.85. The van der Waals surface area contributed by atoms with Gasteiger partial charge in [0.1, 0.15) is 0 Å². The van der Waals surface area contributed by atoms with Crippen LogP contribution in [0.25, 0.3) is 0 Å². The van der Waals surface area contributed by atoms with E-state index in [2.05, 4.69) is 29.7 Å². The van der Waals surface area contributed by atoms with Gasteiger partial charge in [0.15, 0.2) is 0 Å². The monoisotopic (exact) mass is 532 g/mol. The topological polar surface area (TPSA) is 96.5 Å². The molecule has 3 aliphatic heterocycles. The van der Waals surface area contributed by atoms with E-state index in [0.29, 0.717) is 24.9 Å². The molecule has 8 heteroatoms. The van der Waals surface area contributed by atoms with Crippen LogP contribution in [0.5, 0.6) is 0 Å². The van der Waals surface area contributed by atoms with Gasteiger partial charge in [0.25, 0.3) is 0 Å². The van der Waals surface area contributed by atoms with Crippen molar-refractivity contribution in [2.24, 2.45) is 17.3 Å². The van der Waals surface area contributed by atoms with Gasteiger partial charge < -0.3 is 0 Å². The molecule has 122 valence electrons. The third-order valence-corrected chi connectivity index (χ3v) is 13.3. The Hall–Kier alpha value is 0.320. The molecule has 5 unspecified atom stereocenters. The van der Waals surface area contributed by atoms with Crippen LogP contribution < -0.4 is 7.06 Å². The van der Waals surface area contributed by atoms with Gasteiger partial charge in [0, 0.05) is 0 Å². The van der Waals surface area contributed by atoms with Crippen molar-refractivity contribution in [1.82, 2.24) is 7.06 Å². The van der Waals surface area contributed by atoms with E-state index in [4.69, 9.17) is 9.47 Å². The average Bonchev–Trinajstić information content (AvgIpc) is 3.18. The van der Waals surface area contributed by atoms with Gasteiger partial charge in [0.2, 0.25) is 0 Å². The first-order chi connectivity index (χ1) is 10.4. The van der Waals surface area contributed by atoms with Crippen LogP contribution in [0.2, 0.25) is 0 Å². The minimum absolute atomic E-state index is 0.0315. The number of hydrogen-bond donors (Lipinski definition) is 2. The number of nitrogens with one attached hydrogen (secondary N) is 2. The Morgan fingerprint density at radius 1 is 1.50 bits per heavy atom. The molecule has 2 aliphatic carbocycles. The third-order valence-electron chi connectivity index (χ3n) is 6.13. The third kappa shape index (κ3) is 1.78. The van der Waals surface area contributed by atoms with Crippen molar-refractivity contribution in [3.8, 4) is 0 Å². The molecule has 3 heterocycles. The van der Waals surface area contributed by atoms with Crippen molar-refractivity contribution in [3.63, 3.8) is 0 Å². The number of hydrogen-bond acceptors (Lipinski definition) is 6. The number of rotatable bonds is 3. The molecule has 0 amide bonds. The molecular formula is C14H18I2N2O4. The van der Waals surface area contributed by atoms with Crippen LogP contribution >= 0.6 is 43.0 Å². The predicted octanol–water partition coefficient (Wildman–Crippen LogP) is 1.65. The maximum atomic E-state index is 12.6. The van der Waals surface area contributed by atoms with E-state index in [0.717, 1.165) is 19.3 Å². The predicted molar refractivity (Wildman–Crippen MR) is 94.2 cm³/mol. The van der Waals surface area contributed by atoms with Crippen molar-refractivity contribution in [1.29, 1.82) is 0 Å². The van der Waals surface area contributed by atoms with Crippen molar-refractivity contribution in [3.05, 3.63) is 0 Å². The number of carbonyl (C=O) groups excluding carboxylic acids is 2. The number of cyclic esters (lactones) is 1.